The summed E-state index contributed by atoms with van der Waals surface area (Å²) in [7, 11) is 6.16. The first-order valence-corrected chi connectivity index (χ1v) is 7.35. The number of benzene rings is 1. The van der Waals surface area contributed by atoms with Gasteiger partial charge in [-0.1, -0.05) is 6.92 Å². The molecule has 3 rings (SSSR count). The molecule has 2 heterocycles. The smallest absolute Gasteiger partial charge is 0.156 e. The first-order chi connectivity index (χ1) is 8.45. The Morgan fingerprint density at radius 1 is 1.33 bits per heavy atom. The van der Waals surface area contributed by atoms with Crippen molar-refractivity contribution in [3.63, 3.8) is 0 Å². The molecule has 1 aromatic rings. The molecule has 0 amide bonds. The van der Waals surface area contributed by atoms with Gasteiger partial charge in [0.1, 0.15) is 5.75 Å². The fourth-order valence-corrected chi connectivity index (χ4v) is 4.65. The highest BCUT2D eigenvalue weighted by atomic mass is 127. The molecule has 0 unspecified atom stereocenters. The Morgan fingerprint density at radius 2 is 2.06 bits per heavy atom. The summed E-state index contributed by atoms with van der Waals surface area (Å²) in [6.45, 7) is 3.52. The zero-order chi connectivity index (χ0) is 13.1. The standard InChI is InChI=1S/C14H19IN2O/c1-13-7-8-16(2)14(13,15)17(3)12-6-5-10(18-4)9-11(12)13/h5-6,9H,7-8H2,1-4H3/t13-,14-/m1/s1. The number of likely N-dealkylation sites (tertiary alicyclic amines) is 1. The van der Waals surface area contributed by atoms with E-state index in [1.807, 2.05) is 0 Å². The average molecular weight is 358 g/mol. The first kappa shape index (κ1) is 12.5. The predicted molar refractivity (Wildman–Crippen MR) is 82.7 cm³/mol. The van der Waals surface area contributed by atoms with E-state index in [4.69, 9.17) is 4.74 Å². The molecule has 0 spiro atoms. The van der Waals surface area contributed by atoms with E-state index in [2.05, 4.69) is 71.6 Å². The highest BCUT2D eigenvalue weighted by Gasteiger charge is 2.62. The number of ether oxygens (including phenoxy) is 1. The number of halogens is 1. The maximum Gasteiger partial charge on any atom is 0.156 e. The fraction of sp³-hybridized carbons (Fsp3) is 0.571. The number of anilines is 1. The summed E-state index contributed by atoms with van der Waals surface area (Å²) in [5.41, 5.74) is 2.92. The molecule has 4 heteroatoms. The second kappa shape index (κ2) is 3.76. The van der Waals surface area contributed by atoms with Crippen molar-refractivity contribution in [2.24, 2.45) is 0 Å². The molecule has 0 N–H and O–H groups in total. The number of likely N-dealkylation sites (N-methyl/N-ethyl adjacent to an activating group) is 2. The Balaban J connectivity index is 2.22. The van der Waals surface area contributed by atoms with Crippen LogP contribution in [0.15, 0.2) is 18.2 Å². The summed E-state index contributed by atoms with van der Waals surface area (Å²) in [4.78, 5) is 4.87. The van der Waals surface area contributed by atoms with E-state index in [9.17, 15) is 0 Å². The van der Waals surface area contributed by atoms with Crippen LogP contribution in [0.2, 0.25) is 0 Å². The zero-order valence-corrected chi connectivity index (χ0v) is 13.5. The van der Waals surface area contributed by atoms with Crippen LogP contribution in [0, 0.1) is 0 Å². The van der Waals surface area contributed by atoms with Gasteiger partial charge in [-0.2, -0.15) is 0 Å². The Morgan fingerprint density at radius 3 is 2.72 bits per heavy atom. The van der Waals surface area contributed by atoms with Crippen LogP contribution in [-0.4, -0.2) is 36.3 Å². The third-order valence-corrected chi connectivity index (χ3v) is 7.50. The molecule has 1 aromatic carbocycles. The average Bonchev–Trinajstić information content (AvgIpc) is 2.72. The molecule has 0 radical (unpaired) electrons. The van der Waals surface area contributed by atoms with Gasteiger partial charge in [0.25, 0.3) is 0 Å². The number of rotatable bonds is 1. The lowest BCUT2D eigenvalue weighted by Crippen LogP contribution is -2.55. The molecular formula is C14H19IN2O. The van der Waals surface area contributed by atoms with E-state index < -0.39 is 0 Å². The molecule has 0 aliphatic carbocycles. The second-order valence-electron chi connectivity index (χ2n) is 5.53. The number of alkyl halides is 1. The Kier molecular flexibility index (Phi) is 2.62. The largest absolute Gasteiger partial charge is 0.497 e. The zero-order valence-electron chi connectivity index (χ0n) is 11.3. The summed E-state index contributed by atoms with van der Waals surface area (Å²) in [5.74, 6) is 0.957. The number of hydrogen-bond acceptors (Lipinski definition) is 3. The van der Waals surface area contributed by atoms with Gasteiger partial charge >= 0.3 is 0 Å². The van der Waals surface area contributed by atoms with Gasteiger partial charge in [0, 0.05) is 24.7 Å². The van der Waals surface area contributed by atoms with Crippen LogP contribution in [0.1, 0.15) is 18.9 Å². The topological polar surface area (TPSA) is 15.7 Å². The van der Waals surface area contributed by atoms with Gasteiger partial charge in [0.05, 0.1) is 7.11 Å². The highest BCUT2D eigenvalue weighted by Crippen LogP contribution is 2.60. The molecule has 1 saturated heterocycles. The lowest BCUT2D eigenvalue weighted by Gasteiger charge is -2.42. The third-order valence-electron chi connectivity index (χ3n) is 4.76. The van der Waals surface area contributed by atoms with E-state index in [0.717, 1.165) is 12.3 Å². The molecule has 2 aliphatic rings. The number of nitrogens with zero attached hydrogens (tertiary/aromatic N) is 2. The van der Waals surface area contributed by atoms with Crippen molar-refractivity contribution in [2.45, 2.75) is 22.4 Å². The molecule has 2 aliphatic heterocycles. The van der Waals surface area contributed by atoms with Crippen LogP contribution in [0.4, 0.5) is 5.69 Å². The van der Waals surface area contributed by atoms with Gasteiger partial charge in [-0.3, -0.25) is 4.90 Å². The Labute approximate surface area is 122 Å². The van der Waals surface area contributed by atoms with Crippen LogP contribution < -0.4 is 9.64 Å². The summed E-state index contributed by atoms with van der Waals surface area (Å²) in [6.07, 6.45) is 1.19. The maximum absolute atomic E-state index is 5.39. The molecule has 2 atom stereocenters. The molecule has 0 saturated carbocycles. The minimum Gasteiger partial charge on any atom is -0.497 e. The molecule has 0 aromatic heterocycles. The third kappa shape index (κ3) is 1.23. The molecule has 0 bridgehead atoms. The summed E-state index contributed by atoms with van der Waals surface area (Å²) in [6, 6.07) is 6.46. The monoisotopic (exact) mass is 358 g/mol. The van der Waals surface area contributed by atoms with Gasteiger partial charge < -0.3 is 9.64 Å². The van der Waals surface area contributed by atoms with Crippen LogP contribution in [0.25, 0.3) is 0 Å². The summed E-state index contributed by atoms with van der Waals surface area (Å²) in [5, 5.41) is 0. The van der Waals surface area contributed by atoms with Crippen molar-refractivity contribution in [2.75, 3.05) is 32.6 Å². The van der Waals surface area contributed by atoms with Crippen molar-refractivity contribution in [3.8, 4) is 5.75 Å². The van der Waals surface area contributed by atoms with Crippen LogP contribution in [0.3, 0.4) is 0 Å². The molecule has 1 fully saturated rings. The molecular weight excluding hydrogens is 339 g/mol. The lowest BCUT2D eigenvalue weighted by molar-refractivity contribution is 0.249. The normalized spacial score (nSPS) is 34.6. The van der Waals surface area contributed by atoms with Gasteiger partial charge in [0.15, 0.2) is 3.67 Å². The quantitative estimate of drug-likeness (QED) is 0.436. The van der Waals surface area contributed by atoms with E-state index in [1.54, 1.807) is 7.11 Å². The van der Waals surface area contributed by atoms with Crippen molar-refractivity contribution in [1.82, 2.24) is 4.90 Å². The minimum atomic E-state index is 0.0411. The van der Waals surface area contributed by atoms with Crippen LogP contribution >= 0.6 is 22.6 Å². The number of fused-ring (bicyclic) bond motifs is 3. The van der Waals surface area contributed by atoms with Crippen molar-refractivity contribution >= 4 is 28.3 Å². The fourth-order valence-electron chi connectivity index (χ4n) is 3.59. The van der Waals surface area contributed by atoms with E-state index >= 15 is 0 Å². The van der Waals surface area contributed by atoms with Gasteiger partial charge in [-0.15, -0.1) is 0 Å². The molecule has 98 valence electrons. The highest BCUT2D eigenvalue weighted by molar-refractivity contribution is 14.1. The van der Waals surface area contributed by atoms with Gasteiger partial charge in [-0.05, 0) is 59.8 Å². The summed E-state index contributed by atoms with van der Waals surface area (Å²) >= 11 is 2.62. The van der Waals surface area contributed by atoms with Crippen LogP contribution in [-0.2, 0) is 5.41 Å². The Bertz CT molecular complexity index is 507. The number of hydrogen-bond donors (Lipinski definition) is 0. The van der Waals surface area contributed by atoms with Gasteiger partial charge in [0.2, 0.25) is 0 Å². The summed E-state index contributed by atoms with van der Waals surface area (Å²) < 4.78 is 5.43. The molecule has 3 nitrogen and oxygen atoms in total. The SMILES string of the molecule is COc1ccc2c(c1)[C@@]1(C)CCN(C)[C@@]1(I)N2C. The van der Waals surface area contributed by atoms with Crippen molar-refractivity contribution < 1.29 is 4.74 Å². The van der Waals surface area contributed by atoms with E-state index in [0.29, 0.717) is 0 Å². The lowest BCUT2D eigenvalue weighted by atomic mass is 9.81. The van der Waals surface area contributed by atoms with Crippen molar-refractivity contribution in [1.29, 1.82) is 0 Å². The number of methoxy groups -OCH3 is 1. The Hall–Kier alpha value is -0.490. The second-order valence-corrected chi connectivity index (χ2v) is 7.04. The van der Waals surface area contributed by atoms with Gasteiger partial charge in [-0.25, -0.2) is 0 Å². The first-order valence-electron chi connectivity index (χ1n) is 6.27. The minimum absolute atomic E-state index is 0.0411. The van der Waals surface area contributed by atoms with Crippen LogP contribution in [0.5, 0.6) is 5.75 Å². The molecule has 18 heavy (non-hydrogen) atoms. The maximum atomic E-state index is 5.39. The van der Waals surface area contributed by atoms with E-state index in [-0.39, 0.29) is 9.08 Å². The van der Waals surface area contributed by atoms with Crippen molar-refractivity contribution in [3.05, 3.63) is 23.8 Å². The van der Waals surface area contributed by atoms with E-state index in [1.165, 1.54) is 17.7 Å². The predicted octanol–water partition coefficient (Wildman–Crippen LogP) is 2.83.